The largest absolute Gasteiger partial charge is 0.312 e. The van der Waals surface area contributed by atoms with E-state index in [1.807, 2.05) is 17.8 Å². The van der Waals surface area contributed by atoms with E-state index in [2.05, 4.69) is 35.1 Å². The van der Waals surface area contributed by atoms with E-state index in [1.54, 1.807) is 12.1 Å². The van der Waals surface area contributed by atoms with Crippen LogP contribution in [0.1, 0.15) is 38.7 Å². The molecular weight excluding hydrogens is 337 g/mol. The van der Waals surface area contributed by atoms with E-state index in [1.165, 1.54) is 18.6 Å². The molecule has 0 aliphatic carbocycles. The van der Waals surface area contributed by atoms with Gasteiger partial charge in [0.2, 0.25) is 0 Å². The minimum Gasteiger partial charge on any atom is -0.312 e. The summed E-state index contributed by atoms with van der Waals surface area (Å²) in [7, 11) is 0. The lowest BCUT2D eigenvalue weighted by atomic mass is 9.90. The van der Waals surface area contributed by atoms with Gasteiger partial charge in [-0.1, -0.05) is 22.9 Å². The molecule has 1 nitrogen and oxygen atoms in total. The summed E-state index contributed by atoms with van der Waals surface area (Å²) in [6, 6.07) is 5.57. The molecule has 1 aliphatic rings. The van der Waals surface area contributed by atoms with Gasteiger partial charge in [-0.15, -0.1) is 0 Å². The van der Waals surface area contributed by atoms with Crippen molar-refractivity contribution in [3.05, 3.63) is 34.1 Å². The summed E-state index contributed by atoms with van der Waals surface area (Å²) in [5.41, 5.74) is 0.807. The highest BCUT2D eigenvalue weighted by Crippen LogP contribution is 2.41. The second-order valence-electron chi connectivity index (χ2n) is 5.71. The molecule has 2 rings (SSSR count). The minimum absolute atomic E-state index is 0.0944. The second-order valence-corrected chi connectivity index (χ2v) is 8.26. The van der Waals surface area contributed by atoms with Crippen molar-refractivity contribution in [3.63, 3.8) is 0 Å². The zero-order chi connectivity index (χ0) is 14.6. The first-order chi connectivity index (χ1) is 9.55. The topological polar surface area (TPSA) is 12.0 Å². The summed E-state index contributed by atoms with van der Waals surface area (Å²) >= 11 is 5.48. The van der Waals surface area contributed by atoms with E-state index >= 15 is 0 Å². The number of benzene rings is 1. The van der Waals surface area contributed by atoms with Crippen molar-refractivity contribution < 1.29 is 4.39 Å². The number of thioether (sulfide) groups is 1. The number of hydrogen-bond acceptors (Lipinski definition) is 2. The maximum absolute atomic E-state index is 14.0. The van der Waals surface area contributed by atoms with Gasteiger partial charge in [-0.25, -0.2) is 4.39 Å². The molecule has 1 heterocycles. The predicted octanol–water partition coefficient (Wildman–Crippen LogP) is 4.78. The lowest BCUT2D eigenvalue weighted by molar-refractivity contribution is 0.394. The monoisotopic (exact) mass is 359 g/mol. The van der Waals surface area contributed by atoms with Gasteiger partial charge in [0.15, 0.2) is 0 Å². The third-order valence-electron chi connectivity index (χ3n) is 4.06. The van der Waals surface area contributed by atoms with Crippen molar-refractivity contribution in [2.45, 2.75) is 50.3 Å². The zero-order valence-corrected chi connectivity index (χ0v) is 14.6. The quantitative estimate of drug-likeness (QED) is 0.783. The average Bonchev–Trinajstić information content (AvgIpc) is 2.86. The molecular formula is C16H23BrFNS. The Kier molecular flexibility index (Phi) is 5.94. The first-order valence-electron chi connectivity index (χ1n) is 7.36. The number of hydrogen-bond donors (Lipinski definition) is 1. The highest BCUT2D eigenvalue weighted by atomic mass is 79.9. The molecule has 1 aromatic carbocycles. The van der Waals surface area contributed by atoms with E-state index in [4.69, 9.17) is 0 Å². The molecule has 1 saturated heterocycles. The third-order valence-corrected chi connectivity index (χ3v) is 6.19. The molecule has 0 aromatic heterocycles. The summed E-state index contributed by atoms with van der Waals surface area (Å²) < 4.78 is 15.2. The van der Waals surface area contributed by atoms with Crippen LogP contribution in [0.3, 0.4) is 0 Å². The lowest BCUT2D eigenvalue weighted by Gasteiger charge is -2.34. The minimum atomic E-state index is -0.0944. The maximum Gasteiger partial charge on any atom is 0.126 e. The van der Waals surface area contributed by atoms with Gasteiger partial charge >= 0.3 is 0 Å². The van der Waals surface area contributed by atoms with Crippen LogP contribution in [0.15, 0.2) is 22.7 Å². The fourth-order valence-corrected chi connectivity index (χ4v) is 4.64. The van der Waals surface area contributed by atoms with E-state index in [9.17, 15) is 4.39 Å². The van der Waals surface area contributed by atoms with Crippen LogP contribution < -0.4 is 5.32 Å². The Balaban J connectivity index is 2.16. The summed E-state index contributed by atoms with van der Waals surface area (Å²) in [5.74, 6) is 1.13. The first kappa shape index (κ1) is 16.3. The summed E-state index contributed by atoms with van der Waals surface area (Å²) in [4.78, 5) is 0. The summed E-state index contributed by atoms with van der Waals surface area (Å²) in [6.45, 7) is 5.50. The van der Waals surface area contributed by atoms with Gasteiger partial charge in [0.05, 0.1) is 0 Å². The van der Waals surface area contributed by atoms with Gasteiger partial charge in [0, 0.05) is 15.3 Å². The first-order valence-corrected chi connectivity index (χ1v) is 9.14. The van der Waals surface area contributed by atoms with Crippen LogP contribution in [-0.2, 0) is 6.42 Å². The maximum atomic E-state index is 14.0. The molecule has 0 spiro atoms. The Morgan fingerprint density at radius 1 is 1.50 bits per heavy atom. The van der Waals surface area contributed by atoms with Crippen LogP contribution in [0.5, 0.6) is 0 Å². The van der Waals surface area contributed by atoms with Crippen LogP contribution in [0.4, 0.5) is 4.39 Å². The molecule has 0 amide bonds. The number of rotatable bonds is 6. The van der Waals surface area contributed by atoms with Crippen LogP contribution in [0, 0.1) is 5.82 Å². The highest BCUT2D eigenvalue weighted by molar-refractivity contribution is 9.10. The van der Waals surface area contributed by atoms with E-state index in [-0.39, 0.29) is 10.6 Å². The van der Waals surface area contributed by atoms with Gasteiger partial charge in [0.1, 0.15) is 5.82 Å². The van der Waals surface area contributed by atoms with E-state index < -0.39 is 0 Å². The van der Waals surface area contributed by atoms with E-state index in [0.29, 0.717) is 6.04 Å². The van der Waals surface area contributed by atoms with Gasteiger partial charge in [-0.3, -0.25) is 0 Å². The molecule has 0 radical (unpaired) electrons. The number of halogens is 2. The smallest absolute Gasteiger partial charge is 0.126 e. The van der Waals surface area contributed by atoms with Gasteiger partial charge in [-0.2, -0.15) is 11.8 Å². The molecule has 1 aliphatic heterocycles. The standard InChI is InChI=1S/C16H23BrFNS/c1-3-8-19-15(16(2)7-4-9-20-16)11-12-10-13(17)5-6-14(12)18/h5-6,10,15,19H,3-4,7-9,11H2,1-2H3. The molecule has 4 heteroatoms. The van der Waals surface area contributed by atoms with Crippen molar-refractivity contribution in [1.82, 2.24) is 5.32 Å². The normalized spacial score (nSPS) is 24.0. The van der Waals surface area contributed by atoms with Crippen molar-refractivity contribution in [3.8, 4) is 0 Å². The SMILES string of the molecule is CCCNC(Cc1cc(Br)ccc1F)C1(C)CCCS1. The molecule has 112 valence electrons. The van der Waals surface area contributed by atoms with Crippen molar-refractivity contribution in [2.75, 3.05) is 12.3 Å². The Labute approximate surface area is 134 Å². The number of nitrogens with one attached hydrogen (secondary N) is 1. The van der Waals surface area contributed by atoms with Gasteiger partial charge in [-0.05, 0) is 68.7 Å². The van der Waals surface area contributed by atoms with Gasteiger partial charge < -0.3 is 5.32 Å². The van der Waals surface area contributed by atoms with Crippen molar-refractivity contribution in [2.24, 2.45) is 0 Å². The Morgan fingerprint density at radius 3 is 2.95 bits per heavy atom. The van der Waals surface area contributed by atoms with Crippen molar-refractivity contribution in [1.29, 1.82) is 0 Å². The second kappa shape index (κ2) is 7.28. The Bertz CT molecular complexity index is 446. The molecule has 2 atom stereocenters. The fraction of sp³-hybridized carbons (Fsp3) is 0.625. The molecule has 1 N–H and O–H groups in total. The fourth-order valence-electron chi connectivity index (χ4n) is 2.82. The van der Waals surface area contributed by atoms with Crippen LogP contribution in [0.2, 0.25) is 0 Å². The lowest BCUT2D eigenvalue weighted by Crippen LogP contribution is -2.47. The van der Waals surface area contributed by atoms with Gasteiger partial charge in [0.25, 0.3) is 0 Å². The summed E-state index contributed by atoms with van der Waals surface area (Å²) in [6.07, 6.45) is 4.36. The molecule has 20 heavy (non-hydrogen) atoms. The van der Waals surface area contributed by atoms with Crippen molar-refractivity contribution >= 4 is 27.7 Å². The summed E-state index contributed by atoms with van der Waals surface area (Å²) in [5, 5.41) is 3.64. The third kappa shape index (κ3) is 3.99. The van der Waals surface area contributed by atoms with Crippen LogP contribution >= 0.6 is 27.7 Å². The molecule has 0 bridgehead atoms. The molecule has 2 unspecified atom stereocenters. The average molecular weight is 360 g/mol. The molecule has 1 aromatic rings. The Hall–Kier alpha value is -0.0600. The predicted molar refractivity (Wildman–Crippen MR) is 90.0 cm³/mol. The van der Waals surface area contributed by atoms with Crippen LogP contribution in [0.25, 0.3) is 0 Å². The zero-order valence-electron chi connectivity index (χ0n) is 12.2. The Morgan fingerprint density at radius 2 is 2.30 bits per heavy atom. The molecule has 1 fully saturated rings. The van der Waals surface area contributed by atoms with Crippen LogP contribution in [-0.4, -0.2) is 23.1 Å². The van der Waals surface area contributed by atoms with E-state index in [0.717, 1.165) is 29.4 Å². The molecule has 0 saturated carbocycles. The highest BCUT2D eigenvalue weighted by Gasteiger charge is 2.37.